The van der Waals surface area contributed by atoms with Gasteiger partial charge in [-0.15, -0.1) is 0 Å². The molecule has 0 bridgehead atoms. The van der Waals surface area contributed by atoms with E-state index in [1.807, 2.05) is 0 Å². The summed E-state index contributed by atoms with van der Waals surface area (Å²) in [7, 11) is 2.08. The first-order valence-electron chi connectivity index (χ1n) is 8.11. The molecule has 1 atom stereocenters. The maximum atomic E-state index is 12.7. The minimum Gasteiger partial charge on any atom is -0.354 e. The van der Waals surface area contributed by atoms with Crippen molar-refractivity contribution in [1.82, 2.24) is 15.1 Å². The molecule has 1 aromatic carbocycles. The minimum absolute atomic E-state index is 0.0423. The smallest absolute Gasteiger partial charge is 0.354 e. The summed E-state index contributed by atoms with van der Waals surface area (Å²) < 4.78 is 38.0. The standard InChI is InChI=1S/C17H24F3N3O/c1-13(23-8-6-22(2)7-9-23)12-21-16(24)11-14-4-3-5-15(10-14)17(18,19)20/h3-5,10,13H,6-9,11-12H2,1-2H3,(H,21,24)/t13-/m1/s1. The molecule has 0 radical (unpaired) electrons. The molecule has 0 aliphatic carbocycles. The molecule has 1 aliphatic rings. The molecule has 2 rings (SSSR count). The second kappa shape index (κ2) is 7.98. The van der Waals surface area contributed by atoms with Gasteiger partial charge < -0.3 is 10.2 Å². The van der Waals surface area contributed by atoms with E-state index in [1.54, 1.807) is 6.07 Å². The van der Waals surface area contributed by atoms with Crippen LogP contribution in [0, 0.1) is 0 Å². The van der Waals surface area contributed by atoms with E-state index in [0.717, 1.165) is 38.3 Å². The number of carbonyl (C=O) groups excluding carboxylic acids is 1. The highest BCUT2D eigenvalue weighted by Crippen LogP contribution is 2.29. The lowest BCUT2D eigenvalue weighted by molar-refractivity contribution is -0.137. The number of piperazine rings is 1. The zero-order chi connectivity index (χ0) is 17.7. The zero-order valence-electron chi connectivity index (χ0n) is 14.1. The van der Waals surface area contributed by atoms with Crippen LogP contribution in [-0.4, -0.2) is 61.5 Å². The number of hydrogen-bond donors (Lipinski definition) is 1. The van der Waals surface area contributed by atoms with Gasteiger partial charge in [-0.3, -0.25) is 9.69 Å². The van der Waals surface area contributed by atoms with Crippen LogP contribution >= 0.6 is 0 Å². The van der Waals surface area contributed by atoms with Gasteiger partial charge in [-0.1, -0.05) is 18.2 Å². The molecule has 0 unspecified atom stereocenters. The van der Waals surface area contributed by atoms with Crippen LogP contribution in [0.15, 0.2) is 24.3 Å². The molecule has 4 nitrogen and oxygen atoms in total. The van der Waals surface area contributed by atoms with E-state index in [9.17, 15) is 18.0 Å². The number of nitrogens with zero attached hydrogens (tertiary/aromatic N) is 2. The van der Waals surface area contributed by atoms with Crippen molar-refractivity contribution in [2.75, 3.05) is 39.8 Å². The third-order valence-corrected chi connectivity index (χ3v) is 4.37. The Labute approximate surface area is 140 Å². The molecule has 0 aromatic heterocycles. The van der Waals surface area contributed by atoms with Crippen LogP contribution in [0.5, 0.6) is 0 Å². The molecule has 134 valence electrons. The fraction of sp³-hybridized carbons (Fsp3) is 0.588. The number of hydrogen-bond acceptors (Lipinski definition) is 3. The Balaban J connectivity index is 1.81. The van der Waals surface area contributed by atoms with E-state index in [0.29, 0.717) is 12.1 Å². The second-order valence-corrected chi connectivity index (χ2v) is 6.37. The first kappa shape index (κ1) is 18.7. The molecule has 0 saturated carbocycles. The van der Waals surface area contributed by atoms with Crippen molar-refractivity contribution in [2.24, 2.45) is 0 Å². The van der Waals surface area contributed by atoms with Gasteiger partial charge in [0.15, 0.2) is 0 Å². The van der Waals surface area contributed by atoms with Crippen molar-refractivity contribution in [3.63, 3.8) is 0 Å². The van der Waals surface area contributed by atoms with Crippen molar-refractivity contribution >= 4 is 5.91 Å². The topological polar surface area (TPSA) is 35.6 Å². The normalized spacial score (nSPS) is 18.4. The third kappa shape index (κ3) is 5.49. The highest BCUT2D eigenvalue weighted by Gasteiger charge is 2.30. The summed E-state index contributed by atoms with van der Waals surface area (Å²) in [6, 6.07) is 5.13. The summed E-state index contributed by atoms with van der Waals surface area (Å²) in [5, 5.41) is 2.82. The van der Waals surface area contributed by atoms with Crippen LogP contribution in [0.25, 0.3) is 0 Å². The van der Waals surface area contributed by atoms with Crippen molar-refractivity contribution in [3.8, 4) is 0 Å². The predicted molar refractivity (Wildman–Crippen MR) is 86.7 cm³/mol. The average Bonchev–Trinajstić information content (AvgIpc) is 2.53. The zero-order valence-corrected chi connectivity index (χ0v) is 14.1. The highest BCUT2D eigenvalue weighted by molar-refractivity contribution is 5.78. The average molecular weight is 343 g/mol. The van der Waals surface area contributed by atoms with Crippen LogP contribution in [0.3, 0.4) is 0 Å². The number of alkyl halides is 3. The van der Waals surface area contributed by atoms with Gasteiger partial charge in [0.1, 0.15) is 0 Å². The molecule has 1 amide bonds. The molecule has 7 heteroatoms. The molecule has 0 spiro atoms. The van der Waals surface area contributed by atoms with Gasteiger partial charge in [0.05, 0.1) is 12.0 Å². The lowest BCUT2D eigenvalue weighted by atomic mass is 10.1. The lowest BCUT2D eigenvalue weighted by Crippen LogP contribution is -2.51. The highest BCUT2D eigenvalue weighted by atomic mass is 19.4. The molecule has 1 fully saturated rings. The summed E-state index contributed by atoms with van der Waals surface area (Å²) >= 11 is 0. The molecule has 24 heavy (non-hydrogen) atoms. The summed E-state index contributed by atoms with van der Waals surface area (Å²) in [4.78, 5) is 16.6. The number of likely N-dealkylation sites (N-methyl/N-ethyl adjacent to an activating group) is 1. The minimum atomic E-state index is -4.39. The molecule has 1 aliphatic heterocycles. The molecule has 1 aromatic rings. The van der Waals surface area contributed by atoms with Crippen LogP contribution in [0.4, 0.5) is 13.2 Å². The fourth-order valence-electron chi connectivity index (χ4n) is 2.76. The van der Waals surface area contributed by atoms with Crippen LogP contribution in [-0.2, 0) is 17.4 Å². The number of halogens is 3. The van der Waals surface area contributed by atoms with E-state index in [-0.39, 0.29) is 18.4 Å². The van der Waals surface area contributed by atoms with Crippen molar-refractivity contribution < 1.29 is 18.0 Å². The number of benzene rings is 1. The Hall–Kier alpha value is -1.60. The van der Waals surface area contributed by atoms with Crippen LogP contribution in [0.2, 0.25) is 0 Å². The third-order valence-electron chi connectivity index (χ3n) is 4.37. The maximum absolute atomic E-state index is 12.7. The fourth-order valence-corrected chi connectivity index (χ4v) is 2.76. The van der Waals surface area contributed by atoms with Crippen LogP contribution in [0.1, 0.15) is 18.1 Å². The molecular weight excluding hydrogens is 319 g/mol. The largest absolute Gasteiger partial charge is 0.416 e. The van der Waals surface area contributed by atoms with Gasteiger partial charge >= 0.3 is 6.18 Å². The summed E-state index contributed by atoms with van der Waals surface area (Å²) in [5.74, 6) is -0.254. The monoisotopic (exact) mass is 343 g/mol. The Morgan fingerprint density at radius 1 is 1.25 bits per heavy atom. The molecular formula is C17H24F3N3O. The number of nitrogens with one attached hydrogen (secondary N) is 1. The van der Waals surface area contributed by atoms with Gasteiger partial charge in [-0.2, -0.15) is 13.2 Å². The number of rotatable bonds is 5. The van der Waals surface area contributed by atoms with Crippen molar-refractivity contribution in [1.29, 1.82) is 0 Å². The number of carbonyl (C=O) groups is 1. The first-order chi connectivity index (χ1) is 11.3. The lowest BCUT2D eigenvalue weighted by Gasteiger charge is -2.36. The summed E-state index contributed by atoms with van der Waals surface area (Å²) in [6.45, 7) is 6.48. The summed E-state index contributed by atoms with van der Waals surface area (Å²) in [6.07, 6.45) is -4.43. The molecule has 1 heterocycles. The molecule has 1 N–H and O–H groups in total. The van der Waals surface area contributed by atoms with Crippen molar-refractivity contribution in [3.05, 3.63) is 35.4 Å². The van der Waals surface area contributed by atoms with E-state index in [1.165, 1.54) is 6.07 Å². The SMILES string of the molecule is C[C@H](CNC(=O)Cc1cccc(C(F)(F)F)c1)N1CCN(C)CC1. The molecule has 1 saturated heterocycles. The van der Waals surface area contributed by atoms with Crippen LogP contribution < -0.4 is 5.32 Å². The van der Waals surface area contributed by atoms with E-state index in [2.05, 4.69) is 29.1 Å². The second-order valence-electron chi connectivity index (χ2n) is 6.37. The Bertz CT molecular complexity index is 554. The Morgan fingerprint density at radius 3 is 2.54 bits per heavy atom. The number of amides is 1. The van der Waals surface area contributed by atoms with Gasteiger partial charge in [-0.25, -0.2) is 0 Å². The quantitative estimate of drug-likeness (QED) is 0.888. The van der Waals surface area contributed by atoms with Crippen molar-refractivity contribution in [2.45, 2.75) is 25.6 Å². The summed E-state index contributed by atoms with van der Waals surface area (Å²) in [5.41, 5.74) is -0.354. The Morgan fingerprint density at radius 2 is 1.92 bits per heavy atom. The first-order valence-corrected chi connectivity index (χ1v) is 8.11. The van der Waals surface area contributed by atoms with Gasteiger partial charge in [0.25, 0.3) is 0 Å². The van der Waals surface area contributed by atoms with E-state index >= 15 is 0 Å². The Kier molecular flexibility index (Phi) is 6.23. The van der Waals surface area contributed by atoms with E-state index < -0.39 is 11.7 Å². The van der Waals surface area contributed by atoms with Gasteiger partial charge in [0.2, 0.25) is 5.91 Å². The van der Waals surface area contributed by atoms with Gasteiger partial charge in [-0.05, 0) is 25.6 Å². The maximum Gasteiger partial charge on any atom is 0.416 e. The predicted octanol–water partition coefficient (Wildman–Crippen LogP) is 2.00. The van der Waals surface area contributed by atoms with E-state index in [4.69, 9.17) is 0 Å². The van der Waals surface area contributed by atoms with Gasteiger partial charge in [0, 0.05) is 38.8 Å².